The molecule has 0 atom stereocenters. The Morgan fingerprint density at radius 1 is 1.09 bits per heavy atom. The molecule has 6 nitrogen and oxygen atoms in total. The van der Waals surface area contributed by atoms with Crippen molar-refractivity contribution in [2.24, 2.45) is 0 Å². The maximum absolute atomic E-state index is 12.2. The Bertz CT molecular complexity index is 823. The molecule has 2 N–H and O–H groups in total. The van der Waals surface area contributed by atoms with Crippen molar-refractivity contribution in [1.82, 2.24) is 10.3 Å². The number of hydrogen-bond acceptors (Lipinski definition) is 4. The van der Waals surface area contributed by atoms with Crippen molar-refractivity contribution < 1.29 is 17.9 Å². The fourth-order valence-electron chi connectivity index (χ4n) is 1.67. The maximum Gasteiger partial charge on any atom is 0.266 e. The van der Waals surface area contributed by atoms with Gasteiger partial charge in [0, 0.05) is 5.56 Å². The summed E-state index contributed by atoms with van der Waals surface area (Å²) >= 11 is 11.6. The van der Waals surface area contributed by atoms with E-state index >= 15 is 0 Å². The minimum absolute atomic E-state index is 0.0935. The van der Waals surface area contributed by atoms with E-state index in [1.54, 1.807) is 12.1 Å². The molecule has 0 aliphatic heterocycles. The molecule has 0 unspecified atom stereocenters. The van der Waals surface area contributed by atoms with E-state index in [1.807, 2.05) is 4.83 Å². The van der Waals surface area contributed by atoms with Crippen LogP contribution in [0.1, 0.15) is 10.4 Å². The average molecular weight is 375 g/mol. The molecule has 0 aliphatic carbocycles. The molecule has 0 aliphatic rings. The lowest BCUT2D eigenvalue weighted by Gasteiger charge is -2.10. The van der Waals surface area contributed by atoms with Gasteiger partial charge in [-0.15, -0.1) is 4.83 Å². The van der Waals surface area contributed by atoms with Gasteiger partial charge in [-0.05, 0) is 36.4 Å². The van der Waals surface area contributed by atoms with E-state index in [0.717, 1.165) is 0 Å². The third-order valence-electron chi connectivity index (χ3n) is 2.86. The van der Waals surface area contributed by atoms with Gasteiger partial charge in [-0.3, -0.25) is 10.2 Å². The average Bonchev–Trinajstić information content (AvgIpc) is 2.55. The lowest BCUT2D eigenvalue weighted by molar-refractivity contribution is 0.0945. The van der Waals surface area contributed by atoms with Gasteiger partial charge in [-0.2, -0.15) is 0 Å². The molecule has 0 saturated carbocycles. The number of halogens is 2. The number of hydrazine groups is 1. The third kappa shape index (κ3) is 4.14. The van der Waals surface area contributed by atoms with Crippen molar-refractivity contribution in [2.75, 3.05) is 7.11 Å². The summed E-state index contributed by atoms with van der Waals surface area (Å²) in [6.07, 6.45) is 0. The maximum atomic E-state index is 12.2. The van der Waals surface area contributed by atoms with Crippen LogP contribution in [-0.2, 0) is 10.0 Å². The summed E-state index contributed by atoms with van der Waals surface area (Å²) in [6, 6.07) is 10.3. The Morgan fingerprint density at radius 2 is 1.74 bits per heavy atom. The monoisotopic (exact) mass is 374 g/mol. The number of benzene rings is 2. The number of nitrogens with one attached hydrogen (secondary N) is 2. The fourth-order valence-corrected chi connectivity index (χ4v) is 3.28. The van der Waals surface area contributed by atoms with Crippen LogP contribution in [0.15, 0.2) is 47.4 Å². The highest BCUT2D eigenvalue weighted by Gasteiger charge is 2.20. The molecule has 2 aromatic rings. The predicted molar refractivity (Wildman–Crippen MR) is 87.2 cm³/mol. The van der Waals surface area contributed by atoms with Crippen molar-refractivity contribution in [3.05, 3.63) is 58.1 Å². The molecular weight excluding hydrogens is 363 g/mol. The second-order valence-corrected chi connectivity index (χ2v) is 6.78. The van der Waals surface area contributed by atoms with E-state index in [0.29, 0.717) is 5.75 Å². The van der Waals surface area contributed by atoms with Gasteiger partial charge in [0.1, 0.15) is 10.6 Å². The van der Waals surface area contributed by atoms with Gasteiger partial charge in [0.2, 0.25) is 0 Å². The van der Waals surface area contributed by atoms with Crippen molar-refractivity contribution in [3.8, 4) is 5.75 Å². The zero-order valence-electron chi connectivity index (χ0n) is 11.8. The number of amides is 1. The summed E-state index contributed by atoms with van der Waals surface area (Å²) in [5, 5.41) is -0.0311. The number of sulfonamides is 1. The quantitative estimate of drug-likeness (QED) is 0.787. The van der Waals surface area contributed by atoms with Gasteiger partial charge in [0.25, 0.3) is 15.9 Å². The second kappa shape index (κ2) is 7.18. The minimum atomic E-state index is -4.05. The number of carbonyl (C=O) groups excluding carboxylic acids is 1. The molecule has 0 heterocycles. The van der Waals surface area contributed by atoms with Gasteiger partial charge in [-0.1, -0.05) is 29.3 Å². The first-order valence-corrected chi connectivity index (χ1v) is 8.49. The summed E-state index contributed by atoms with van der Waals surface area (Å²) in [6.45, 7) is 0. The van der Waals surface area contributed by atoms with Crippen LogP contribution in [0.2, 0.25) is 10.0 Å². The summed E-state index contributed by atoms with van der Waals surface area (Å²) in [5.41, 5.74) is 2.36. The van der Waals surface area contributed by atoms with E-state index in [2.05, 4.69) is 5.43 Å². The number of hydrogen-bond donors (Lipinski definition) is 2. The highest BCUT2D eigenvalue weighted by molar-refractivity contribution is 7.89. The molecule has 23 heavy (non-hydrogen) atoms. The Kier molecular flexibility index (Phi) is 5.48. The first kappa shape index (κ1) is 17.6. The van der Waals surface area contributed by atoms with Gasteiger partial charge < -0.3 is 4.74 Å². The summed E-state index contributed by atoms with van der Waals surface area (Å²) in [5.74, 6) is -0.0535. The van der Waals surface area contributed by atoms with Crippen LogP contribution >= 0.6 is 23.2 Å². The topological polar surface area (TPSA) is 84.5 Å². The van der Waals surface area contributed by atoms with Crippen molar-refractivity contribution in [1.29, 1.82) is 0 Å². The lowest BCUT2D eigenvalue weighted by Crippen LogP contribution is -2.41. The first-order valence-electron chi connectivity index (χ1n) is 6.25. The molecular formula is C14H12Cl2N2O4S. The minimum Gasteiger partial charge on any atom is -0.497 e. The molecule has 2 rings (SSSR count). The molecule has 0 radical (unpaired) electrons. The summed E-state index contributed by atoms with van der Waals surface area (Å²) in [4.78, 5) is 13.7. The Hall–Kier alpha value is -1.80. The van der Waals surface area contributed by atoms with E-state index in [1.165, 1.54) is 37.4 Å². The molecule has 0 saturated heterocycles. The molecule has 0 fully saturated rings. The molecule has 0 bridgehead atoms. The summed E-state index contributed by atoms with van der Waals surface area (Å²) < 4.78 is 29.3. The van der Waals surface area contributed by atoms with E-state index < -0.39 is 15.9 Å². The molecule has 9 heteroatoms. The van der Waals surface area contributed by atoms with Gasteiger partial charge in [0.05, 0.1) is 17.2 Å². The molecule has 0 spiro atoms. The first-order chi connectivity index (χ1) is 10.8. The zero-order chi connectivity index (χ0) is 17.0. The van der Waals surface area contributed by atoms with Crippen LogP contribution in [0.5, 0.6) is 5.75 Å². The van der Waals surface area contributed by atoms with Crippen molar-refractivity contribution in [2.45, 2.75) is 4.90 Å². The van der Waals surface area contributed by atoms with Crippen LogP contribution < -0.4 is 15.0 Å². The fraction of sp³-hybridized carbons (Fsp3) is 0.0714. The molecule has 0 aromatic heterocycles. The molecule has 2 aromatic carbocycles. The highest BCUT2D eigenvalue weighted by Crippen LogP contribution is 2.28. The van der Waals surface area contributed by atoms with E-state index in [-0.39, 0.29) is 20.5 Å². The smallest absolute Gasteiger partial charge is 0.266 e. The van der Waals surface area contributed by atoms with Crippen LogP contribution in [-0.4, -0.2) is 21.4 Å². The van der Waals surface area contributed by atoms with Crippen LogP contribution in [0.25, 0.3) is 0 Å². The highest BCUT2D eigenvalue weighted by atomic mass is 35.5. The second-order valence-electron chi connectivity index (χ2n) is 4.34. The van der Waals surface area contributed by atoms with Crippen LogP contribution in [0.4, 0.5) is 0 Å². The van der Waals surface area contributed by atoms with Crippen LogP contribution in [0, 0.1) is 0 Å². The number of methoxy groups -OCH3 is 1. The van der Waals surface area contributed by atoms with Crippen molar-refractivity contribution >= 4 is 39.1 Å². The van der Waals surface area contributed by atoms with Gasteiger partial charge >= 0.3 is 0 Å². The summed E-state index contributed by atoms with van der Waals surface area (Å²) in [7, 11) is -2.55. The lowest BCUT2D eigenvalue weighted by atomic mass is 10.2. The largest absolute Gasteiger partial charge is 0.497 e. The Morgan fingerprint density at radius 3 is 2.35 bits per heavy atom. The Labute approximate surface area is 143 Å². The van der Waals surface area contributed by atoms with E-state index in [4.69, 9.17) is 27.9 Å². The number of rotatable bonds is 5. The number of carbonyl (C=O) groups is 1. The van der Waals surface area contributed by atoms with Crippen LogP contribution in [0.3, 0.4) is 0 Å². The van der Waals surface area contributed by atoms with Gasteiger partial charge in [0.15, 0.2) is 0 Å². The van der Waals surface area contributed by atoms with Gasteiger partial charge in [-0.25, -0.2) is 8.42 Å². The standard InChI is InChI=1S/C14H12Cl2N2O4S/c1-22-10-7-5-9(6-8-10)14(19)17-18-23(20,21)12-4-2-3-11(15)13(12)16/h2-8,18H,1H3,(H,17,19). The third-order valence-corrected chi connectivity index (χ3v) is 5.08. The van der Waals surface area contributed by atoms with Crippen molar-refractivity contribution in [3.63, 3.8) is 0 Å². The molecule has 122 valence electrons. The zero-order valence-corrected chi connectivity index (χ0v) is 14.2. The van der Waals surface area contributed by atoms with E-state index in [9.17, 15) is 13.2 Å². The predicted octanol–water partition coefficient (Wildman–Crippen LogP) is 2.63. The Balaban J connectivity index is 2.12. The normalized spacial score (nSPS) is 11.1. The molecule has 1 amide bonds. The number of ether oxygens (including phenoxy) is 1. The SMILES string of the molecule is COc1ccc(C(=O)NNS(=O)(=O)c2cccc(Cl)c2Cl)cc1.